The van der Waals surface area contributed by atoms with Gasteiger partial charge in [0.2, 0.25) is 0 Å². The van der Waals surface area contributed by atoms with E-state index in [-0.39, 0.29) is 5.60 Å². The first-order valence-electron chi connectivity index (χ1n) is 6.22. The van der Waals surface area contributed by atoms with Crippen LogP contribution in [0, 0.1) is 11.8 Å². The van der Waals surface area contributed by atoms with Gasteiger partial charge in [-0.05, 0) is 25.7 Å². The first kappa shape index (κ1) is 16.4. The second-order valence-corrected chi connectivity index (χ2v) is 3.87. The Hall–Kier alpha value is -0.0400. The first-order valence-corrected chi connectivity index (χ1v) is 6.22. The Bertz CT molecular complexity index is 118. The summed E-state index contributed by atoms with van der Waals surface area (Å²) in [5, 5.41) is 0. The fraction of sp³-hybridized carbons (Fsp3) is 1.00. The third-order valence-corrected chi connectivity index (χ3v) is 3.00. The molecule has 1 heterocycles. The van der Waals surface area contributed by atoms with Gasteiger partial charge in [0.15, 0.2) is 0 Å². The largest absolute Gasteiger partial charge is 0.375 e. The zero-order valence-electron chi connectivity index (χ0n) is 11.5. The van der Waals surface area contributed by atoms with Crippen molar-refractivity contribution in [3.8, 4) is 0 Å². The maximum atomic E-state index is 5.66. The van der Waals surface area contributed by atoms with Gasteiger partial charge in [0, 0.05) is 0 Å². The van der Waals surface area contributed by atoms with Gasteiger partial charge in [-0.25, -0.2) is 0 Å². The molecule has 0 unspecified atom stereocenters. The zero-order chi connectivity index (χ0) is 11.8. The van der Waals surface area contributed by atoms with Gasteiger partial charge in [0.1, 0.15) is 0 Å². The molecular weight excluding hydrogens is 172 g/mol. The second kappa shape index (κ2) is 8.28. The molecule has 0 saturated carbocycles. The lowest BCUT2D eigenvalue weighted by atomic mass is 9.84. The molecule has 14 heavy (non-hydrogen) atoms. The molecule has 0 aromatic heterocycles. The molecular formula is C13H30O. The smallest absolute Gasteiger partial charge is 0.0655 e. The fourth-order valence-electron chi connectivity index (χ4n) is 1.64. The van der Waals surface area contributed by atoms with Gasteiger partial charge in [0.05, 0.1) is 12.2 Å². The van der Waals surface area contributed by atoms with E-state index in [1.54, 1.807) is 0 Å². The summed E-state index contributed by atoms with van der Waals surface area (Å²) in [5.74, 6) is 1.51. The van der Waals surface area contributed by atoms with Gasteiger partial charge < -0.3 is 4.74 Å². The molecule has 0 bridgehead atoms. The van der Waals surface area contributed by atoms with Crippen LogP contribution in [0.4, 0.5) is 0 Å². The molecule has 1 fully saturated rings. The summed E-state index contributed by atoms with van der Waals surface area (Å²) in [6.07, 6.45) is 1.25. The third-order valence-electron chi connectivity index (χ3n) is 3.00. The molecule has 1 heteroatoms. The van der Waals surface area contributed by atoms with Crippen molar-refractivity contribution >= 4 is 0 Å². The lowest BCUT2D eigenvalue weighted by molar-refractivity contribution is 0.0152. The predicted molar refractivity (Wildman–Crippen MR) is 65.7 cm³/mol. The Labute approximate surface area is 91.2 Å². The first-order chi connectivity index (χ1) is 6.58. The van der Waals surface area contributed by atoms with Crippen LogP contribution in [0.25, 0.3) is 0 Å². The van der Waals surface area contributed by atoms with Gasteiger partial charge in [0.25, 0.3) is 0 Å². The van der Waals surface area contributed by atoms with Crippen molar-refractivity contribution in [3.63, 3.8) is 0 Å². The average molecular weight is 202 g/mol. The fourth-order valence-corrected chi connectivity index (χ4v) is 1.64. The molecule has 0 aromatic rings. The van der Waals surface area contributed by atoms with E-state index >= 15 is 0 Å². The summed E-state index contributed by atoms with van der Waals surface area (Å²) >= 11 is 0. The van der Waals surface area contributed by atoms with E-state index in [0.29, 0.717) is 0 Å². The second-order valence-electron chi connectivity index (χ2n) is 3.87. The lowest BCUT2D eigenvalue weighted by Gasteiger charge is -2.24. The topological polar surface area (TPSA) is 9.23 Å². The van der Waals surface area contributed by atoms with E-state index in [1.165, 1.54) is 6.42 Å². The zero-order valence-corrected chi connectivity index (χ0v) is 11.5. The van der Waals surface area contributed by atoms with Crippen molar-refractivity contribution in [3.05, 3.63) is 0 Å². The van der Waals surface area contributed by atoms with Gasteiger partial charge in [-0.15, -0.1) is 0 Å². The third kappa shape index (κ3) is 4.45. The predicted octanol–water partition coefficient (Wildman–Crippen LogP) is 4.51. The highest BCUT2D eigenvalue weighted by Crippen LogP contribution is 2.36. The molecule has 0 aliphatic carbocycles. The minimum Gasteiger partial charge on any atom is -0.375 e. The van der Waals surface area contributed by atoms with Crippen LogP contribution < -0.4 is 0 Å². The molecule has 88 valence electrons. The number of hydrogen-bond donors (Lipinski definition) is 0. The van der Waals surface area contributed by atoms with Crippen LogP contribution in [0.5, 0.6) is 0 Å². The molecule has 0 amide bonds. The van der Waals surface area contributed by atoms with Crippen LogP contribution in [0.3, 0.4) is 0 Å². The SMILES string of the molecule is CC.CC.CC[C@H]1COC(C)(C)[C@H]1C. The van der Waals surface area contributed by atoms with Crippen LogP contribution >= 0.6 is 0 Å². The lowest BCUT2D eigenvalue weighted by Crippen LogP contribution is -2.27. The summed E-state index contributed by atoms with van der Waals surface area (Å²) in [6, 6.07) is 0. The van der Waals surface area contributed by atoms with Crippen LogP contribution in [0.2, 0.25) is 0 Å². The molecule has 1 nitrogen and oxygen atoms in total. The Morgan fingerprint density at radius 1 is 1.14 bits per heavy atom. The Morgan fingerprint density at radius 2 is 1.57 bits per heavy atom. The molecule has 2 atom stereocenters. The quantitative estimate of drug-likeness (QED) is 0.608. The highest BCUT2D eigenvalue weighted by molar-refractivity contribution is 4.86. The highest BCUT2D eigenvalue weighted by atomic mass is 16.5. The number of rotatable bonds is 1. The highest BCUT2D eigenvalue weighted by Gasteiger charge is 2.38. The van der Waals surface area contributed by atoms with Crippen LogP contribution in [-0.2, 0) is 4.74 Å². The molecule has 1 aliphatic heterocycles. The Kier molecular flexibility index (Phi) is 9.70. The van der Waals surface area contributed by atoms with Crippen LogP contribution in [0.15, 0.2) is 0 Å². The normalized spacial score (nSPS) is 28.3. The summed E-state index contributed by atoms with van der Waals surface area (Å²) in [4.78, 5) is 0. The summed E-state index contributed by atoms with van der Waals surface area (Å²) < 4.78 is 5.66. The van der Waals surface area contributed by atoms with Crippen LogP contribution in [0.1, 0.15) is 61.8 Å². The molecule has 1 rings (SSSR count). The molecule has 1 saturated heterocycles. The van der Waals surface area contributed by atoms with Crippen molar-refractivity contribution in [1.29, 1.82) is 0 Å². The van der Waals surface area contributed by atoms with Gasteiger partial charge in [-0.1, -0.05) is 48.0 Å². The van der Waals surface area contributed by atoms with Crippen molar-refractivity contribution in [2.75, 3.05) is 6.61 Å². The summed E-state index contributed by atoms with van der Waals surface area (Å²) in [6.45, 7) is 17.9. The van der Waals surface area contributed by atoms with Crippen molar-refractivity contribution in [1.82, 2.24) is 0 Å². The molecule has 0 radical (unpaired) electrons. The summed E-state index contributed by atoms with van der Waals surface area (Å²) in [7, 11) is 0. The monoisotopic (exact) mass is 202 g/mol. The van der Waals surface area contributed by atoms with Gasteiger partial charge >= 0.3 is 0 Å². The standard InChI is InChI=1S/C9H18O.2C2H6/c1-5-8-6-10-9(3,4)7(8)2;2*1-2/h7-8H,5-6H2,1-4H3;2*1-2H3/t7-,8-;;/m0../s1. The summed E-state index contributed by atoms with van der Waals surface area (Å²) in [5.41, 5.74) is 0.126. The molecule has 1 aliphatic rings. The molecule has 0 N–H and O–H groups in total. The van der Waals surface area contributed by atoms with E-state index in [1.807, 2.05) is 27.7 Å². The van der Waals surface area contributed by atoms with E-state index < -0.39 is 0 Å². The van der Waals surface area contributed by atoms with E-state index in [9.17, 15) is 0 Å². The average Bonchev–Trinajstić information content (AvgIpc) is 2.49. The van der Waals surface area contributed by atoms with E-state index in [4.69, 9.17) is 4.74 Å². The van der Waals surface area contributed by atoms with Crippen molar-refractivity contribution in [2.45, 2.75) is 67.4 Å². The molecule has 0 spiro atoms. The van der Waals surface area contributed by atoms with Crippen LogP contribution in [-0.4, -0.2) is 12.2 Å². The minimum atomic E-state index is 0.126. The maximum absolute atomic E-state index is 5.66. The Balaban J connectivity index is 0. The van der Waals surface area contributed by atoms with Crippen molar-refractivity contribution < 1.29 is 4.74 Å². The Morgan fingerprint density at radius 3 is 1.71 bits per heavy atom. The number of ether oxygens (including phenoxy) is 1. The maximum Gasteiger partial charge on any atom is 0.0655 e. The van der Waals surface area contributed by atoms with Gasteiger partial charge in [-0.3, -0.25) is 0 Å². The molecule has 0 aromatic carbocycles. The van der Waals surface area contributed by atoms with E-state index in [0.717, 1.165) is 18.4 Å². The van der Waals surface area contributed by atoms with Gasteiger partial charge in [-0.2, -0.15) is 0 Å². The van der Waals surface area contributed by atoms with Crippen molar-refractivity contribution in [2.24, 2.45) is 11.8 Å². The minimum absolute atomic E-state index is 0.126. The van der Waals surface area contributed by atoms with E-state index in [2.05, 4.69) is 27.7 Å². The number of hydrogen-bond acceptors (Lipinski definition) is 1.